The molecule has 2 amide bonds. The monoisotopic (exact) mass is 304 g/mol. The summed E-state index contributed by atoms with van der Waals surface area (Å²) < 4.78 is 0. The quantitative estimate of drug-likeness (QED) is 0.873. The zero-order chi connectivity index (χ0) is 16.1. The van der Waals surface area contributed by atoms with E-state index in [0.717, 1.165) is 6.42 Å². The second-order valence-corrected chi connectivity index (χ2v) is 5.62. The lowest BCUT2D eigenvalue weighted by Gasteiger charge is -2.36. The van der Waals surface area contributed by atoms with Crippen LogP contribution in [0.1, 0.15) is 30.1 Å². The van der Waals surface area contributed by atoms with Gasteiger partial charge in [0.15, 0.2) is 0 Å². The van der Waals surface area contributed by atoms with E-state index in [-0.39, 0.29) is 24.3 Å². The summed E-state index contributed by atoms with van der Waals surface area (Å²) in [5.41, 5.74) is 0.470. The number of piperidine rings is 1. The van der Waals surface area contributed by atoms with Crippen LogP contribution in [0.5, 0.6) is 0 Å². The van der Waals surface area contributed by atoms with Crippen LogP contribution in [0, 0.1) is 5.92 Å². The Labute approximate surface area is 129 Å². The van der Waals surface area contributed by atoms with E-state index in [4.69, 9.17) is 0 Å². The Hall–Kier alpha value is -2.37. The first-order valence-electron chi connectivity index (χ1n) is 7.34. The summed E-state index contributed by atoms with van der Waals surface area (Å²) in [6.07, 6.45) is 1.23. The second-order valence-electron chi connectivity index (χ2n) is 5.62. The van der Waals surface area contributed by atoms with Gasteiger partial charge in [0.1, 0.15) is 6.04 Å². The Balaban J connectivity index is 1.93. The van der Waals surface area contributed by atoms with Gasteiger partial charge in [0.2, 0.25) is 5.91 Å². The normalized spacial score (nSPS) is 21.2. The molecule has 2 unspecified atom stereocenters. The molecule has 2 atom stereocenters. The molecule has 1 aromatic carbocycles. The van der Waals surface area contributed by atoms with Crippen LogP contribution in [0.4, 0.5) is 0 Å². The minimum Gasteiger partial charge on any atom is -0.480 e. The molecule has 1 saturated heterocycles. The molecule has 1 aromatic rings. The SMILES string of the molecule is CC1CCN(C(=O)CNC(=O)c2ccccc2)C(C(=O)O)C1. The van der Waals surface area contributed by atoms with Crippen molar-refractivity contribution in [3.63, 3.8) is 0 Å². The van der Waals surface area contributed by atoms with Crippen molar-refractivity contribution in [3.05, 3.63) is 35.9 Å². The number of hydrogen-bond acceptors (Lipinski definition) is 3. The van der Waals surface area contributed by atoms with Gasteiger partial charge < -0.3 is 15.3 Å². The number of hydrogen-bond donors (Lipinski definition) is 2. The summed E-state index contributed by atoms with van der Waals surface area (Å²) in [5, 5.41) is 11.8. The number of likely N-dealkylation sites (tertiary alicyclic amines) is 1. The highest BCUT2D eigenvalue weighted by Crippen LogP contribution is 2.22. The van der Waals surface area contributed by atoms with Gasteiger partial charge in [-0.05, 0) is 30.9 Å². The molecule has 0 radical (unpaired) electrons. The van der Waals surface area contributed by atoms with E-state index in [1.165, 1.54) is 4.90 Å². The van der Waals surface area contributed by atoms with Crippen LogP contribution in [0.3, 0.4) is 0 Å². The highest BCUT2D eigenvalue weighted by Gasteiger charge is 2.34. The first kappa shape index (κ1) is 16.0. The molecule has 1 aliphatic rings. The predicted molar refractivity (Wildman–Crippen MR) is 80.3 cm³/mol. The van der Waals surface area contributed by atoms with Crippen LogP contribution < -0.4 is 5.32 Å². The van der Waals surface area contributed by atoms with E-state index in [9.17, 15) is 19.5 Å². The number of carbonyl (C=O) groups excluding carboxylic acids is 2. The number of carbonyl (C=O) groups is 3. The van der Waals surface area contributed by atoms with Crippen molar-refractivity contribution in [2.24, 2.45) is 5.92 Å². The first-order chi connectivity index (χ1) is 10.5. The molecule has 0 aliphatic carbocycles. The Morgan fingerprint density at radius 2 is 1.95 bits per heavy atom. The largest absolute Gasteiger partial charge is 0.480 e. The van der Waals surface area contributed by atoms with Crippen LogP contribution in [-0.2, 0) is 9.59 Å². The van der Waals surface area contributed by atoms with Crippen LogP contribution in [-0.4, -0.2) is 46.9 Å². The number of nitrogens with one attached hydrogen (secondary N) is 1. The van der Waals surface area contributed by atoms with Gasteiger partial charge >= 0.3 is 5.97 Å². The third-order valence-corrected chi connectivity index (χ3v) is 3.91. The molecule has 0 spiro atoms. The van der Waals surface area contributed by atoms with Gasteiger partial charge in [-0.3, -0.25) is 9.59 Å². The molecule has 2 rings (SSSR count). The Bertz CT molecular complexity index is 559. The molecule has 2 N–H and O–H groups in total. The summed E-state index contributed by atoms with van der Waals surface area (Å²) in [5.74, 6) is -1.41. The average Bonchev–Trinajstić information content (AvgIpc) is 2.53. The van der Waals surface area contributed by atoms with Gasteiger partial charge in [0.25, 0.3) is 5.91 Å². The highest BCUT2D eigenvalue weighted by atomic mass is 16.4. The number of carboxylic acid groups (broad SMARTS) is 1. The molecular weight excluding hydrogens is 284 g/mol. The molecular formula is C16H20N2O4. The summed E-state index contributed by atoms with van der Waals surface area (Å²) in [6, 6.07) is 7.79. The van der Waals surface area contributed by atoms with Gasteiger partial charge in [-0.1, -0.05) is 25.1 Å². The van der Waals surface area contributed by atoms with Crippen molar-refractivity contribution in [3.8, 4) is 0 Å². The van der Waals surface area contributed by atoms with E-state index in [0.29, 0.717) is 18.5 Å². The number of nitrogens with zero attached hydrogens (tertiary/aromatic N) is 1. The summed E-state index contributed by atoms with van der Waals surface area (Å²) in [4.78, 5) is 36.8. The summed E-state index contributed by atoms with van der Waals surface area (Å²) in [7, 11) is 0. The minimum atomic E-state index is -0.991. The smallest absolute Gasteiger partial charge is 0.326 e. The lowest BCUT2D eigenvalue weighted by molar-refractivity contribution is -0.152. The molecule has 0 saturated carbocycles. The average molecular weight is 304 g/mol. The molecule has 0 bridgehead atoms. The Kier molecular flexibility index (Phi) is 5.14. The molecule has 6 heteroatoms. The summed E-state index contributed by atoms with van der Waals surface area (Å²) in [6.45, 7) is 2.21. The van der Waals surface area contributed by atoms with Gasteiger partial charge in [-0.2, -0.15) is 0 Å². The second kappa shape index (κ2) is 7.06. The number of amides is 2. The van der Waals surface area contributed by atoms with Gasteiger partial charge in [-0.25, -0.2) is 4.79 Å². The molecule has 0 aromatic heterocycles. The molecule has 118 valence electrons. The van der Waals surface area contributed by atoms with E-state index < -0.39 is 12.0 Å². The van der Waals surface area contributed by atoms with E-state index in [1.807, 2.05) is 6.92 Å². The zero-order valence-corrected chi connectivity index (χ0v) is 12.5. The van der Waals surface area contributed by atoms with E-state index in [2.05, 4.69) is 5.32 Å². The van der Waals surface area contributed by atoms with Crippen molar-refractivity contribution >= 4 is 17.8 Å². The third kappa shape index (κ3) is 3.84. The van der Waals surface area contributed by atoms with Crippen molar-refractivity contribution < 1.29 is 19.5 Å². The molecule has 1 heterocycles. The molecule has 1 fully saturated rings. The number of benzene rings is 1. The zero-order valence-electron chi connectivity index (χ0n) is 12.5. The standard InChI is InChI=1S/C16H20N2O4/c1-11-7-8-18(13(9-11)16(21)22)14(19)10-17-15(20)12-5-3-2-4-6-12/h2-6,11,13H,7-10H2,1H3,(H,17,20)(H,21,22). The fraction of sp³-hybridized carbons (Fsp3) is 0.438. The minimum absolute atomic E-state index is 0.189. The highest BCUT2D eigenvalue weighted by molar-refractivity contribution is 5.96. The maximum absolute atomic E-state index is 12.2. The molecule has 22 heavy (non-hydrogen) atoms. The fourth-order valence-corrected chi connectivity index (χ4v) is 2.62. The lowest BCUT2D eigenvalue weighted by atomic mass is 9.92. The van der Waals surface area contributed by atoms with Gasteiger partial charge in [0.05, 0.1) is 6.54 Å². The number of aliphatic carboxylic acids is 1. The van der Waals surface area contributed by atoms with Crippen LogP contribution in [0.2, 0.25) is 0 Å². The third-order valence-electron chi connectivity index (χ3n) is 3.91. The number of carboxylic acids is 1. The van der Waals surface area contributed by atoms with E-state index >= 15 is 0 Å². The summed E-state index contributed by atoms with van der Waals surface area (Å²) >= 11 is 0. The van der Waals surface area contributed by atoms with E-state index in [1.54, 1.807) is 30.3 Å². The van der Waals surface area contributed by atoms with Crippen molar-refractivity contribution in [1.29, 1.82) is 0 Å². The van der Waals surface area contributed by atoms with Gasteiger partial charge in [-0.15, -0.1) is 0 Å². The Morgan fingerprint density at radius 1 is 1.27 bits per heavy atom. The maximum Gasteiger partial charge on any atom is 0.326 e. The topological polar surface area (TPSA) is 86.7 Å². The first-order valence-corrected chi connectivity index (χ1v) is 7.34. The van der Waals surface area contributed by atoms with Gasteiger partial charge in [0, 0.05) is 12.1 Å². The van der Waals surface area contributed by atoms with Crippen LogP contribution in [0.25, 0.3) is 0 Å². The predicted octanol–water partition coefficient (Wildman–Crippen LogP) is 1.13. The van der Waals surface area contributed by atoms with Crippen molar-refractivity contribution in [2.45, 2.75) is 25.8 Å². The fourth-order valence-electron chi connectivity index (χ4n) is 2.62. The Morgan fingerprint density at radius 3 is 2.59 bits per heavy atom. The maximum atomic E-state index is 12.2. The molecule has 1 aliphatic heterocycles. The van der Waals surface area contributed by atoms with Crippen molar-refractivity contribution in [2.75, 3.05) is 13.1 Å². The van der Waals surface area contributed by atoms with Crippen molar-refractivity contribution in [1.82, 2.24) is 10.2 Å². The lowest BCUT2D eigenvalue weighted by Crippen LogP contribution is -2.52. The number of rotatable bonds is 4. The van der Waals surface area contributed by atoms with Crippen LogP contribution in [0.15, 0.2) is 30.3 Å². The van der Waals surface area contributed by atoms with Crippen LogP contribution >= 0.6 is 0 Å². The molecule has 6 nitrogen and oxygen atoms in total.